The van der Waals surface area contributed by atoms with Gasteiger partial charge >= 0.3 is 11.9 Å². The van der Waals surface area contributed by atoms with Crippen molar-refractivity contribution in [1.82, 2.24) is 0 Å². The SMILES string of the molecule is CCOC(=O)C(/C=C(\Cl)c1ccccc1)(C(=O)OCC)C(Cl)c1ccc(Cl)cc1. The molecule has 0 aliphatic rings. The molecule has 0 N–H and O–H groups in total. The van der Waals surface area contributed by atoms with Crippen molar-refractivity contribution in [3.05, 3.63) is 76.8 Å². The van der Waals surface area contributed by atoms with Crippen molar-refractivity contribution in [2.24, 2.45) is 5.41 Å². The Morgan fingerprint density at radius 3 is 1.97 bits per heavy atom. The van der Waals surface area contributed by atoms with Gasteiger partial charge in [-0.25, -0.2) is 0 Å². The van der Waals surface area contributed by atoms with E-state index in [1.54, 1.807) is 62.4 Å². The van der Waals surface area contributed by atoms with Crippen LogP contribution in [0.5, 0.6) is 0 Å². The van der Waals surface area contributed by atoms with Crippen LogP contribution < -0.4 is 0 Å². The molecule has 0 aliphatic heterocycles. The molecule has 0 aromatic heterocycles. The highest BCUT2D eigenvalue weighted by Crippen LogP contribution is 2.45. The molecule has 0 amide bonds. The minimum absolute atomic E-state index is 0.0566. The zero-order chi connectivity index (χ0) is 21.4. The van der Waals surface area contributed by atoms with Gasteiger partial charge in [-0.15, -0.1) is 11.6 Å². The molecule has 0 aliphatic carbocycles. The number of halogens is 3. The molecule has 0 fully saturated rings. The highest BCUT2D eigenvalue weighted by Gasteiger charge is 2.54. The number of benzene rings is 2. The molecule has 154 valence electrons. The van der Waals surface area contributed by atoms with Crippen molar-refractivity contribution >= 4 is 51.8 Å². The molecule has 4 nitrogen and oxygen atoms in total. The molecule has 1 atom stereocenters. The molecule has 0 saturated heterocycles. The minimum Gasteiger partial charge on any atom is -0.465 e. The standard InChI is InChI=1S/C22H21Cl3O4/c1-3-28-20(26)22(21(27)29-4-2,14-18(24)15-8-6-5-7-9-15)19(25)16-10-12-17(23)13-11-16/h5-14,19H,3-4H2,1-2H3/b18-14-. The molecule has 2 aromatic carbocycles. The van der Waals surface area contributed by atoms with Gasteiger partial charge in [-0.05, 0) is 43.2 Å². The van der Waals surface area contributed by atoms with E-state index in [0.717, 1.165) is 0 Å². The second-order valence-electron chi connectivity index (χ2n) is 6.08. The smallest absolute Gasteiger partial charge is 0.329 e. The van der Waals surface area contributed by atoms with Crippen molar-refractivity contribution < 1.29 is 19.1 Å². The molecule has 2 rings (SSSR count). The van der Waals surface area contributed by atoms with E-state index >= 15 is 0 Å². The van der Waals surface area contributed by atoms with Gasteiger partial charge in [0.15, 0.2) is 0 Å². The van der Waals surface area contributed by atoms with E-state index in [9.17, 15) is 9.59 Å². The number of ether oxygens (including phenoxy) is 2. The minimum atomic E-state index is -1.99. The van der Waals surface area contributed by atoms with E-state index in [4.69, 9.17) is 44.3 Å². The Morgan fingerprint density at radius 2 is 1.48 bits per heavy atom. The topological polar surface area (TPSA) is 52.6 Å². The van der Waals surface area contributed by atoms with Gasteiger partial charge in [0.1, 0.15) is 0 Å². The lowest BCUT2D eigenvalue weighted by atomic mass is 9.80. The van der Waals surface area contributed by atoms with E-state index in [0.29, 0.717) is 16.1 Å². The molecule has 0 radical (unpaired) electrons. The zero-order valence-electron chi connectivity index (χ0n) is 16.0. The lowest BCUT2D eigenvalue weighted by Crippen LogP contribution is -2.44. The largest absolute Gasteiger partial charge is 0.465 e. The molecule has 29 heavy (non-hydrogen) atoms. The van der Waals surface area contributed by atoms with Gasteiger partial charge in [0, 0.05) is 10.1 Å². The van der Waals surface area contributed by atoms with E-state index in [-0.39, 0.29) is 18.2 Å². The monoisotopic (exact) mass is 454 g/mol. The van der Waals surface area contributed by atoms with Gasteiger partial charge in [-0.2, -0.15) is 0 Å². The van der Waals surface area contributed by atoms with Crippen LogP contribution in [0.4, 0.5) is 0 Å². The number of hydrogen-bond acceptors (Lipinski definition) is 4. The number of carbonyl (C=O) groups excluding carboxylic acids is 2. The summed E-state index contributed by atoms with van der Waals surface area (Å²) in [6.07, 6.45) is 1.31. The van der Waals surface area contributed by atoms with Crippen LogP contribution in [-0.4, -0.2) is 25.2 Å². The summed E-state index contributed by atoms with van der Waals surface area (Å²) in [5.74, 6) is -1.69. The maximum absolute atomic E-state index is 13.1. The molecule has 1 unspecified atom stereocenters. The molecule has 7 heteroatoms. The quantitative estimate of drug-likeness (QED) is 0.278. The van der Waals surface area contributed by atoms with E-state index in [1.165, 1.54) is 6.08 Å². The third-order valence-electron chi connectivity index (χ3n) is 4.19. The van der Waals surface area contributed by atoms with Gasteiger partial charge < -0.3 is 9.47 Å². The fourth-order valence-corrected chi connectivity index (χ4v) is 3.57. The summed E-state index contributed by atoms with van der Waals surface area (Å²) in [6.45, 7) is 3.39. The van der Waals surface area contributed by atoms with Crippen molar-refractivity contribution in [2.45, 2.75) is 19.2 Å². The van der Waals surface area contributed by atoms with Gasteiger partial charge in [-0.3, -0.25) is 9.59 Å². The first-order valence-corrected chi connectivity index (χ1v) is 10.2. The Balaban J connectivity index is 2.70. The lowest BCUT2D eigenvalue weighted by molar-refractivity contribution is -0.168. The number of hydrogen-bond donors (Lipinski definition) is 0. The van der Waals surface area contributed by atoms with Crippen LogP contribution in [0.2, 0.25) is 5.02 Å². The average Bonchev–Trinajstić information content (AvgIpc) is 2.72. The van der Waals surface area contributed by atoms with Crippen molar-refractivity contribution in [3.63, 3.8) is 0 Å². The predicted molar refractivity (Wildman–Crippen MR) is 116 cm³/mol. The fourth-order valence-electron chi connectivity index (χ4n) is 2.76. The molecule has 0 spiro atoms. The molecule has 0 saturated carbocycles. The average molecular weight is 456 g/mol. The summed E-state index contributed by atoms with van der Waals surface area (Å²) in [6, 6.07) is 15.4. The van der Waals surface area contributed by atoms with Crippen LogP contribution in [0, 0.1) is 5.41 Å². The Hall–Kier alpha value is -2.01. The number of esters is 2. The van der Waals surface area contributed by atoms with Crippen LogP contribution in [-0.2, 0) is 19.1 Å². The second kappa shape index (κ2) is 10.7. The van der Waals surface area contributed by atoms with Gasteiger partial charge in [-0.1, -0.05) is 65.7 Å². The molecule has 0 bridgehead atoms. The van der Waals surface area contributed by atoms with Gasteiger partial charge in [0.05, 0.1) is 18.6 Å². The van der Waals surface area contributed by atoms with Crippen molar-refractivity contribution in [2.75, 3.05) is 13.2 Å². The summed E-state index contributed by atoms with van der Waals surface area (Å²) >= 11 is 19.2. The number of rotatable bonds is 8. The van der Waals surface area contributed by atoms with Crippen molar-refractivity contribution in [3.8, 4) is 0 Å². The normalized spacial score (nSPS) is 12.9. The van der Waals surface area contributed by atoms with Crippen LogP contribution in [0.25, 0.3) is 5.03 Å². The molecule has 2 aromatic rings. The van der Waals surface area contributed by atoms with Crippen molar-refractivity contribution in [1.29, 1.82) is 0 Å². The fraction of sp³-hybridized carbons (Fsp3) is 0.273. The molecular weight excluding hydrogens is 435 g/mol. The predicted octanol–water partition coefficient (Wildman–Crippen LogP) is 6.01. The first kappa shape index (κ1) is 23.3. The first-order valence-electron chi connectivity index (χ1n) is 9.04. The summed E-state index contributed by atoms with van der Waals surface area (Å²) in [7, 11) is 0. The van der Waals surface area contributed by atoms with E-state index < -0.39 is 22.7 Å². The van der Waals surface area contributed by atoms with Crippen LogP contribution in [0.1, 0.15) is 30.4 Å². The highest BCUT2D eigenvalue weighted by atomic mass is 35.5. The summed E-state index contributed by atoms with van der Waals surface area (Å²) < 4.78 is 10.4. The van der Waals surface area contributed by atoms with Gasteiger partial charge in [0.2, 0.25) is 5.41 Å². The Bertz CT molecular complexity index is 845. The lowest BCUT2D eigenvalue weighted by Gasteiger charge is -2.31. The summed E-state index contributed by atoms with van der Waals surface area (Å²) in [5.41, 5.74) is -0.882. The Labute approximate surface area is 185 Å². The Kier molecular flexibility index (Phi) is 8.57. The highest BCUT2D eigenvalue weighted by molar-refractivity contribution is 6.49. The van der Waals surface area contributed by atoms with Crippen LogP contribution in [0.15, 0.2) is 60.7 Å². The molecule has 0 heterocycles. The third-order valence-corrected chi connectivity index (χ3v) is 5.37. The first-order chi connectivity index (χ1) is 13.9. The summed E-state index contributed by atoms with van der Waals surface area (Å²) in [4.78, 5) is 26.2. The van der Waals surface area contributed by atoms with Crippen LogP contribution in [0.3, 0.4) is 0 Å². The zero-order valence-corrected chi connectivity index (χ0v) is 18.3. The second-order valence-corrected chi connectivity index (χ2v) is 7.36. The maximum Gasteiger partial charge on any atom is 0.329 e. The maximum atomic E-state index is 13.1. The van der Waals surface area contributed by atoms with E-state index in [1.807, 2.05) is 6.07 Å². The van der Waals surface area contributed by atoms with E-state index in [2.05, 4.69) is 0 Å². The third kappa shape index (κ3) is 5.33. The number of alkyl halides is 1. The Morgan fingerprint density at radius 1 is 0.966 bits per heavy atom. The number of carbonyl (C=O) groups is 2. The van der Waals surface area contributed by atoms with Gasteiger partial charge in [0.25, 0.3) is 0 Å². The molecular formula is C22H21Cl3O4. The van der Waals surface area contributed by atoms with Crippen LogP contribution >= 0.6 is 34.8 Å². The summed E-state index contributed by atoms with van der Waals surface area (Å²) in [5, 5.41) is -0.477.